The maximum atomic E-state index is 11.8. The van der Waals surface area contributed by atoms with Gasteiger partial charge in [0.2, 0.25) is 5.78 Å². The highest BCUT2D eigenvalue weighted by Gasteiger charge is 2.08. The number of aromatic nitrogens is 3. The Kier molecular flexibility index (Phi) is 2.84. The van der Waals surface area contributed by atoms with E-state index < -0.39 is 0 Å². The normalized spacial score (nSPS) is 11.1. The minimum Gasteiger partial charge on any atom is -0.329 e. The molecule has 0 unspecified atom stereocenters. The second-order valence-corrected chi connectivity index (χ2v) is 5.05. The number of nitrogens with one attached hydrogen (secondary N) is 1. The van der Waals surface area contributed by atoms with Crippen molar-refractivity contribution in [1.29, 1.82) is 0 Å². The van der Waals surface area contributed by atoms with Crippen LogP contribution in [0.25, 0.3) is 17.0 Å². The molecule has 0 spiro atoms. The number of hydrogen-bond acceptors (Lipinski definition) is 2. The molecule has 2 aromatic heterocycles. The van der Waals surface area contributed by atoms with E-state index >= 15 is 0 Å². The Morgan fingerprint density at radius 3 is 2.74 bits per heavy atom. The highest BCUT2D eigenvalue weighted by atomic mass is 35.5. The molecule has 0 saturated carbocycles. The van der Waals surface area contributed by atoms with Gasteiger partial charge in [-0.3, -0.25) is 9.20 Å². The van der Waals surface area contributed by atoms with E-state index in [-0.39, 0.29) is 5.56 Å². The topological polar surface area (TPSA) is 50.2 Å². The summed E-state index contributed by atoms with van der Waals surface area (Å²) < 4.78 is 1.46. The number of rotatable bonds is 1. The second-order valence-electron chi connectivity index (χ2n) is 4.24. The summed E-state index contributed by atoms with van der Waals surface area (Å²) >= 11 is 11.9. The van der Waals surface area contributed by atoms with Crippen LogP contribution in [0.15, 0.2) is 35.3 Å². The van der Waals surface area contributed by atoms with Crippen molar-refractivity contribution in [3.63, 3.8) is 0 Å². The number of aromatic amines is 1. The lowest BCUT2D eigenvalue weighted by Gasteiger charge is -1.98. The Morgan fingerprint density at radius 2 is 2.00 bits per heavy atom. The van der Waals surface area contributed by atoms with Gasteiger partial charge in [-0.05, 0) is 19.1 Å². The molecule has 0 bridgehead atoms. The third-order valence-electron chi connectivity index (χ3n) is 2.81. The van der Waals surface area contributed by atoms with E-state index in [1.807, 2.05) is 13.0 Å². The molecular formula is C13H9Cl2N3O. The van der Waals surface area contributed by atoms with E-state index in [9.17, 15) is 4.79 Å². The zero-order chi connectivity index (χ0) is 13.6. The smallest absolute Gasteiger partial charge is 0.259 e. The molecule has 1 N–H and O–H groups in total. The number of nitrogens with zero attached hydrogens (tertiary/aromatic N) is 2. The highest BCUT2D eigenvalue weighted by Crippen LogP contribution is 2.27. The van der Waals surface area contributed by atoms with E-state index in [0.717, 1.165) is 11.3 Å². The van der Waals surface area contributed by atoms with Crippen LogP contribution >= 0.6 is 23.2 Å². The fourth-order valence-corrected chi connectivity index (χ4v) is 2.20. The van der Waals surface area contributed by atoms with E-state index in [4.69, 9.17) is 23.2 Å². The standard InChI is InChI=1S/C13H9Cl2N3O/c1-7-4-12(19)18-6-11(17-13(18)16-7)8-2-3-9(14)10(15)5-8/h2-6H,1H3,(H,16,17). The number of H-pyrrole nitrogens is 1. The number of fused-ring (bicyclic) bond motifs is 1. The monoisotopic (exact) mass is 293 g/mol. The average molecular weight is 294 g/mol. The van der Waals surface area contributed by atoms with Crippen molar-refractivity contribution in [2.75, 3.05) is 0 Å². The number of hydrogen-bond donors (Lipinski definition) is 1. The van der Waals surface area contributed by atoms with Crippen molar-refractivity contribution in [3.8, 4) is 11.3 Å². The van der Waals surface area contributed by atoms with Crippen LogP contribution in [0.1, 0.15) is 5.69 Å². The molecule has 0 atom stereocenters. The van der Waals surface area contributed by atoms with Crippen molar-refractivity contribution in [1.82, 2.24) is 14.4 Å². The number of benzene rings is 1. The third kappa shape index (κ3) is 2.13. The maximum Gasteiger partial charge on any atom is 0.259 e. The predicted octanol–water partition coefficient (Wildman–Crippen LogP) is 3.30. The van der Waals surface area contributed by atoms with Crippen LogP contribution in [0, 0.1) is 6.92 Å². The van der Waals surface area contributed by atoms with Gasteiger partial charge < -0.3 is 4.98 Å². The minimum atomic E-state index is -0.120. The van der Waals surface area contributed by atoms with Gasteiger partial charge in [-0.15, -0.1) is 0 Å². The van der Waals surface area contributed by atoms with Crippen molar-refractivity contribution in [3.05, 3.63) is 56.6 Å². The molecule has 0 fully saturated rings. The van der Waals surface area contributed by atoms with Gasteiger partial charge in [0.15, 0.2) is 0 Å². The lowest BCUT2D eigenvalue weighted by molar-refractivity contribution is 1.02. The first-order valence-corrected chi connectivity index (χ1v) is 6.34. The van der Waals surface area contributed by atoms with Crippen LogP contribution < -0.4 is 5.56 Å². The van der Waals surface area contributed by atoms with Gasteiger partial charge in [0.05, 0.1) is 15.7 Å². The summed E-state index contributed by atoms with van der Waals surface area (Å²) in [6, 6.07) is 6.76. The van der Waals surface area contributed by atoms with Crippen molar-refractivity contribution in [2.45, 2.75) is 6.92 Å². The second kappa shape index (κ2) is 4.40. The molecule has 0 radical (unpaired) electrons. The molecule has 0 amide bonds. The first-order valence-electron chi connectivity index (χ1n) is 5.59. The molecule has 1 aromatic carbocycles. The summed E-state index contributed by atoms with van der Waals surface area (Å²) in [7, 11) is 0. The van der Waals surface area contributed by atoms with Gasteiger partial charge in [0.25, 0.3) is 5.56 Å². The van der Waals surface area contributed by atoms with Gasteiger partial charge in [-0.1, -0.05) is 29.3 Å². The first-order chi connectivity index (χ1) is 9.04. The average Bonchev–Trinajstić information content (AvgIpc) is 2.76. The van der Waals surface area contributed by atoms with Gasteiger partial charge in [0, 0.05) is 23.5 Å². The van der Waals surface area contributed by atoms with Crippen molar-refractivity contribution in [2.24, 2.45) is 0 Å². The summed E-state index contributed by atoms with van der Waals surface area (Å²) in [6.07, 6.45) is 1.67. The zero-order valence-corrected chi connectivity index (χ0v) is 11.5. The van der Waals surface area contributed by atoms with E-state index in [2.05, 4.69) is 9.97 Å². The Morgan fingerprint density at radius 1 is 1.21 bits per heavy atom. The molecule has 6 heteroatoms. The minimum absolute atomic E-state index is 0.120. The van der Waals surface area contributed by atoms with Gasteiger partial charge >= 0.3 is 0 Å². The molecule has 2 heterocycles. The first kappa shape index (κ1) is 12.3. The number of imidazole rings is 1. The molecular weight excluding hydrogens is 285 g/mol. The molecule has 4 nitrogen and oxygen atoms in total. The SMILES string of the molecule is Cc1cc(=O)n2cc(-c3ccc(Cl)c(Cl)c3)nc2[nH]1. The highest BCUT2D eigenvalue weighted by molar-refractivity contribution is 6.42. The fraction of sp³-hybridized carbons (Fsp3) is 0.0769. The Bertz CT molecular complexity index is 836. The zero-order valence-electron chi connectivity index (χ0n) is 9.95. The van der Waals surface area contributed by atoms with E-state index in [0.29, 0.717) is 21.5 Å². The van der Waals surface area contributed by atoms with Crippen LogP contribution in [-0.2, 0) is 0 Å². The summed E-state index contributed by atoms with van der Waals surface area (Å²) in [5, 5.41) is 0.944. The number of halogens is 2. The van der Waals surface area contributed by atoms with Crippen LogP contribution in [0.5, 0.6) is 0 Å². The van der Waals surface area contributed by atoms with Crippen LogP contribution in [0.3, 0.4) is 0 Å². The summed E-state index contributed by atoms with van der Waals surface area (Å²) in [5.41, 5.74) is 2.12. The van der Waals surface area contributed by atoms with Crippen molar-refractivity contribution < 1.29 is 0 Å². The lowest BCUT2D eigenvalue weighted by atomic mass is 10.2. The Hall–Kier alpha value is -1.78. The molecule has 0 saturated heterocycles. The van der Waals surface area contributed by atoms with Crippen molar-refractivity contribution >= 4 is 29.0 Å². The van der Waals surface area contributed by atoms with Gasteiger partial charge in [-0.2, -0.15) is 0 Å². The Labute approximate surface area is 118 Å². The lowest BCUT2D eigenvalue weighted by Crippen LogP contribution is -2.12. The molecule has 19 heavy (non-hydrogen) atoms. The molecule has 0 aliphatic carbocycles. The van der Waals surface area contributed by atoms with Gasteiger partial charge in [-0.25, -0.2) is 4.98 Å². The molecule has 96 valence electrons. The van der Waals surface area contributed by atoms with Crippen LogP contribution in [0.2, 0.25) is 10.0 Å². The molecule has 0 aliphatic heterocycles. The summed E-state index contributed by atoms with van der Waals surface area (Å²) in [6.45, 7) is 1.81. The van der Waals surface area contributed by atoms with E-state index in [1.165, 1.54) is 10.5 Å². The number of aryl methyl sites for hydroxylation is 1. The quantitative estimate of drug-likeness (QED) is 0.748. The summed E-state index contributed by atoms with van der Waals surface area (Å²) in [5.74, 6) is 0.506. The fourth-order valence-electron chi connectivity index (χ4n) is 1.90. The third-order valence-corrected chi connectivity index (χ3v) is 3.55. The molecule has 3 aromatic rings. The van der Waals surface area contributed by atoms with Crippen LogP contribution in [0.4, 0.5) is 0 Å². The predicted molar refractivity (Wildman–Crippen MR) is 76.0 cm³/mol. The van der Waals surface area contributed by atoms with Crippen LogP contribution in [-0.4, -0.2) is 14.4 Å². The maximum absolute atomic E-state index is 11.8. The van der Waals surface area contributed by atoms with Gasteiger partial charge in [0.1, 0.15) is 0 Å². The Balaban J connectivity index is 2.23. The molecule has 3 rings (SSSR count). The molecule has 0 aliphatic rings. The largest absolute Gasteiger partial charge is 0.329 e. The van der Waals surface area contributed by atoms with E-state index in [1.54, 1.807) is 18.3 Å². The summed E-state index contributed by atoms with van der Waals surface area (Å²) in [4.78, 5) is 19.2.